The second-order valence-electron chi connectivity index (χ2n) is 2.73. The highest BCUT2D eigenvalue weighted by Gasteiger charge is 2.52. The van der Waals surface area contributed by atoms with Crippen LogP contribution in [0, 0.1) is 11.8 Å². The van der Waals surface area contributed by atoms with Gasteiger partial charge < -0.3 is 5.73 Å². The van der Waals surface area contributed by atoms with Gasteiger partial charge in [-0.25, -0.2) is 3.11 Å². The third-order valence-corrected chi connectivity index (χ3v) is 3.00. The zero-order chi connectivity index (χ0) is 5.72. The lowest BCUT2D eigenvalue weighted by atomic mass is 10.4. The first-order chi connectivity index (χ1) is 3.79. The summed E-state index contributed by atoms with van der Waals surface area (Å²) in [5.41, 5.74) is 5.70. The first kappa shape index (κ1) is 5.44. The topological polar surface area (TPSA) is 29.3 Å². The molecule has 0 aromatic heterocycles. The predicted octanol–water partition coefficient (Wildman–Crippen LogP) is 0.225. The van der Waals surface area contributed by atoms with Crippen LogP contribution in [-0.2, 0) is 0 Å². The quantitative estimate of drug-likeness (QED) is 0.471. The molecule has 3 heteroatoms. The molecule has 2 atom stereocenters. The van der Waals surface area contributed by atoms with Crippen LogP contribution in [0.5, 0.6) is 0 Å². The summed E-state index contributed by atoms with van der Waals surface area (Å²) in [7, 11) is 0. The fourth-order valence-corrected chi connectivity index (χ4v) is 2.43. The molecule has 2 aliphatic rings. The summed E-state index contributed by atoms with van der Waals surface area (Å²) in [6, 6.07) is 0.556. The van der Waals surface area contributed by atoms with Crippen molar-refractivity contribution < 1.29 is 0 Å². The van der Waals surface area contributed by atoms with E-state index >= 15 is 0 Å². The molecule has 2 rings (SSSR count). The minimum atomic E-state index is 0.556. The van der Waals surface area contributed by atoms with E-state index in [9.17, 15) is 0 Å². The van der Waals surface area contributed by atoms with E-state index < -0.39 is 0 Å². The van der Waals surface area contributed by atoms with Crippen molar-refractivity contribution in [2.45, 2.75) is 6.04 Å². The molecule has 1 saturated carbocycles. The highest BCUT2D eigenvalue weighted by Crippen LogP contribution is 2.44. The van der Waals surface area contributed by atoms with Crippen LogP contribution in [0.3, 0.4) is 0 Å². The normalized spacial score (nSPS) is 54.0. The Bertz CT molecular complexity index is 105. The number of nitrogens with zero attached hydrogens (tertiary/aromatic N) is 1. The van der Waals surface area contributed by atoms with Gasteiger partial charge in [0, 0.05) is 42.0 Å². The number of fused-ring (bicyclic) bond motifs is 1. The average molecular weight is 224 g/mol. The van der Waals surface area contributed by atoms with E-state index in [0.717, 1.165) is 11.8 Å². The molecular formula is C5H9IN2. The standard InChI is InChI=1S/C5H9IN2/c6-8-1-3-4(2-8)5(3)7/h3-5H,1-2,7H2. The molecule has 1 aliphatic heterocycles. The second kappa shape index (κ2) is 1.58. The molecule has 0 spiro atoms. The van der Waals surface area contributed by atoms with E-state index in [2.05, 4.69) is 26.0 Å². The van der Waals surface area contributed by atoms with Crippen LogP contribution in [0.15, 0.2) is 0 Å². The van der Waals surface area contributed by atoms with E-state index in [1.165, 1.54) is 13.1 Å². The number of hydrogen-bond acceptors (Lipinski definition) is 2. The number of piperidine rings is 1. The van der Waals surface area contributed by atoms with E-state index in [1.807, 2.05) is 0 Å². The molecule has 0 amide bonds. The summed E-state index contributed by atoms with van der Waals surface area (Å²) in [4.78, 5) is 0. The van der Waals surface area contributed by atoms with Crippen molar-refractivity contribution in [3.05, 3.63) is 0 Å². The van der Waals surface area contributed by atoms with Crippen molar-refractivity contribution >= 4 is 22.9 Å². The minimum Gasteiger partial charge on any atom is -0.327 e. The highest BCUT2D eigenvalue weighted by molar-refractivity contribution is 14.1. The summed E-state index contributed by atoms with van der Waals surface area (Å²) < 4.78 is 2.33. The summed E-state index contributed by atoms with van der Waals surface area (Å²) in [5, 5.41) is 0. The van der Waals surface area contributed by atoms with Crippen molar-refractivity contribution in [1.29, 1.82) is 0 Å². The average Bonchev–Trinajstić information content (AvgIpc) is 2.29. The SMILES string of the molecule is NC1C2CN(I)CC12. The molecule has 0 aromatic carbocycles. The maximum atomic E-state index is 5.70. The van der Waals surface area contributed by atoms with Gasteiger partial charge >= 0.3 is 0 Å². The van der Waals surface area contributed by atoms with Gasteiger partial charge in [0.1, 0.15) is 0 Å². The molecule has 2 N–H and O–H groups in total. The predicted molar refractivity (Wildman–Crippen MR) is 40.5 cm³/mol. The van der Waals surface area contributed by atoms with Gasteiger partial charge in [-0.05, 0) is 11.8 Å². The van der Waals surface area contributed by atoms with Crippen LogP contribution in [0.1, 0.15) is 0 Å². The van der Waals surface area contributed by atoms with Gasteiger partial charge in [-0.2, -0.15) is 0 Å². The second-order valence-corrected chi connectivity index (χ2v) is 4.10. The molecule has 0 bridgehead atoms. The first-order valence-corrected chi connectivity index (χ1v) is 3.92. The van der Waals surface area contributed by atoms with Gasteiger partial charge in [0.25, 0.3) is 0 Å². The van der Waals surface area contributed by atoms with E-state index in [1.54, 1.807) is 0 Å². The van der Waals surface area contributed by atoms with E-state index in [-0.39, 0.29) is 0 Å². The van der Waals surface area contributed by atoms with Crippen LogP contribution in [0.2, 0.25) is 0 Å². The van der Waals surface area contributed by atoms with Crippen molar-refractivity contribution in [1.82, 2.24) is 3.11 Å². The molecular weight excluding hydrogens is 215 g/mol. The third-order valence-electron chi connectivity index (χ3n) is 2.22. The lowest BCUT2D eigenvalue weighted by Gasteiger charge is -2.06. The molecule has 1 saturated heterocycles. The number of nitrogens with two attached hydrogens (primary N) is 1. The summed E-state index contributed by atoms with van der Waals surface area (Å²) in [6.07, 6.45) is 0. The highest BCUT2D eigenvalue weighted by atomic mass is 127. The third kappa shape index (κ3) is 0.610. The molecule has 0 aromatic rings. The summed E-state index contributed by atoms with van der Waals surface area (Å²) >= 11 is 2.37. The van der Waals surface area contributed by atoms with E-state index in [0.29, 0.717) is 6.04 Å². The molecule has 2 unspecified atom stereocenters. The molecule has 0 radical (unpaired) electrons. The monoisotopic (exact) mass is 224 g/mol. The lowest BCUT2D eigenvalue weighted by Crippen LogP contribution is -2.19. The number of hydrogen-bond donors (Lipinski definition) is 1. The molecule has 1 aliphatic carbocycles. The van der Waals surface area contributed by atoms with Crippen molar-refractivity contribution in [2.75, 3.05) is 13.1 Å². The van der Waals surface area contributed by atoms with Crippen molar-refractivity contribution in [3.63, 3.8) is 0 Å². The molecule has 2 nitrogen and oxygen atoms in total. The molecule has 1 heterocycles. The Labute approximate surface area is 62.9 Å². The Morgan fingerprint density at radius 3 is 2.25 bits per heavy atom. The van der Waals surface area contributed by atoms with Crippen LogP contribution in [0.4, 0.5) is 0 Å². The van der Waals surface area contributed by atoms with Gasteiger partial charge in [-0.3, -0.25) is 0 Å². The Morgan fingerprint density at radius 1 is 1.38 bits per heavy atom. The van der Waals surface area contributed by atoms with Crippen LogP contribution >= 0.6 is 22.9 Å². The maximum Gasteiger partial charge on any atom is 0.0201 e. The van der Waals surface area contributed by atoms with E-state index in [4.69, 9.17) is 5.73 Å². The Hall–Kier alpha value is 0.650. The van der Waals surface area contributed by atoms with Gasteiger partial charge in [-0.1, -0.05) is 0 Å². The smallest absolute Gasteiger partial charge is 0.0201 e. The van der Waals surface area contributed by atoms with Gasteiger partial charge in [0.05, 0.1) is 0 Å². The fraction of sp³-hybridized carbons (Fsp3) is 1.00. The van der Waals surface area contributed by atoms with Gasteiger partial charge in [0.2, 0.25) is 0 Å². The first-order valence-electron chi connectivity index (χ1n) is 2.95. The Morgan fingerprint density at radius 2 is 1.88 bits per heavy atom. The largest absolute Gasteiger partial charge is 0.327 e. The number of rotatable bonds is 0. The zero-order valence-electron chi connectivity index (χ0n) is 4.55. The zero-order valence-corrected chi connectivity index (χ0v) is 6.71. The van der Waals surface area contributed by atoms with Crippen molar-refractivity contribution in [3.8, 4) is 0 Å². The minimum absolute atomic E-state index is 0.556. The Kier molecular flexibility index (Phi) is 1.07. The van der Waals surface area contributed by atoms with Crippen LogP contribution in [-0.4, -0.2) is 22.2 Å². The van der Waals surface area contributed by atoms with Gasteiger partial charge in [0.15, 0.2) is 0 Å². The summed E-state index contributed by atoms with van der Waals surface area (Å²) in [6.45, 7) is 2.46. The molecule has 8 heavy (non-hydrogen) atoms. The molecule has 2 fully saturated rings. The maximum absolute atomic E-state index is 5.70. The molecule has 46 valence electrons. The van der Waals surface area contributed by atoms with Gasteiger partial charge in [-0.15, -0.1) is 0 Å². The fourth-order valence-electron chi connectivity index (χ4n) is 1.52. The van der Waals surface area contributed by atoms with Crippen LogP contribution < -0.4 is 5.73 Å². The lowest BCUT2D eigenvalue weighted by molar-refractivity contribution is 0.532. The van der Waals surface area contributed by atoms with Crippen LogP contribution in [0.25, 0.3) is 0 Å². The Balaban J connectivity index is 2.00. The van der Waals surface area contributed by atoms with Crippen molar-refractivity contribution in [2.24, 2.45) is 17.6 Å². The number of halogens is 1. The summed E-state index contributed by atoms with van der Waals surface area (Å²) in [5.74, 6) is 1.71.